The van der Waals surface area contributed by atoms with Crippen LogP contribution in [-0.2, 0) is 9.53 Å². The molecule has 61 heavy (non-hydrogen) atoms. The number of imide groups is 1. The summed E-state index contributed by atoms with van der Waals surface area (Å²) in [5.74, 6) is -1.23. The summed E-state index contributed by atoms with van der Waals surface area (Å²) in [6.45, 7) is 0. The molecule has 2 aliphatic rings. The van der Waals surface area contributed by atoms with Crippen LogP contribution in [0.1, 0.15) is 16.7 Å². The van der Waals surface area contributed by atoms with Crippen LogP contribution in [0.2, 0.25) is 0 Å². The molecule has 0 saturated carbocycles. The molecule has 2 amide bonds. The van der Waals surface area contributed by atoms with Gasteiger partial charge in [-0.05, 0) is 102 Å². The van der Waals surface area contributed by atoms with Crippen molar-refractivity contribution < 1.29 is 23.8 Å². The van der Waals surface area contributed by atoms with Crippen LogP contribution in [0.3, 0.4) is 0 Å². The Balaban J connectivity index is 0.000000156. The molecule has 4 heterocycles. The summed E-state index contributed by atoms with van der Waals surface area (Å²) in [6, 6.07) is 41.8. The van der Waals surface area contributed by atoms with Gasteiger partial charge in [-0.1, -0.05) is 48.5 Å². The molecule has 1 saturated heterocycles. The molecule has 1 fully saturated rings. The number of fused-ring (bicyclic) bond motifs is 6. The minimum Gasteiger partial charge on any atom is -0.491 e. The monoisotopic (exact) mass is 830 g/mol. The third-order valence-corrected chi connectivity index (χ3v) is 11.3. The van der Waals surface area contributed by atoms with Crippen LogP contribution in [0.5, 0.6) is 5.88 Å². The molecule has 2 N–H and O–H groups in total. The van der Waals surface area contributed by atoms with Crippen molar-refractivity contribution in [1.29, 1.82) is 0 Å². The Bertz CT molecular complexity index is 3190. The number of aromatic hydroxyl groups is 1. The number of rotatable bonds is 7. The number of benzene rings is 6. The van der Waals surface area contributed by atoms with Crippen LogP contribution in [0.25, 0.3) is 44.7 Å². The van der Waals surface area contributed by atoms with E-state index >= 15 is 0 Å². The molecule has 10 rings (SSSR count). The maximum Gasteiger partial charge on any atom is 0.427 e. The van der Waals surface area contributed by atoms with Gasteiger partial charge in [-0.3, -0.25) is 4.79 Å². The van der Waals surface area contributed by atoms with Crippen molar-refractivity contribution in [2.24, 2.45) is 4.99 Å². The SMILES string of the molecule is CN(C)c1ccc(-n2c(O)c(C=c3ccc4c(c3)-c3ccccc3N=4)oc2=O)cc1.CN(C)c1ccc(N2C(=O)OC(C(Cl)c3ccc4[nH]c5ccccc5c4c3)C2=O)cc1. The Morgan fingerprint density at radius 1 is 0.738 bits per heavy atom. The minimum absolute atomic E-state index is 0.111. The molecule has 6 aromatic carbocycles. The van der Waals surface area contributed by atoms with Gasteiger partial charge in [-0.25, -0.2) is 24.0 Å². The lowest BCUT2D eigenvalue weighted by atomic mass is 10.0. The van der Waals surface area contributed by atoms with E-state index in [4.69, 9.17) is 20.8 Å². The lowest BCUT2D eigenvalue weighted by Crippen LogP contribution is -2.32. The second-order valence-electron chi connectivity index (χ2n) is 15.1. The average molecular weight is 831 g/mol. The van der Waals surface area contributed by atoms with E-state index in [2.05, 4.69) is 9.98 Å². The Morgan fingerprint density at radius 2 is 1.39 bits per heavy atom. The molecule has 2 atom stereocenters. The number of alkyl halides is 1. The molecule has 2 aliphatic heterocycles. The van der Waals surface area contributed by atoms with Crippen LogP contribution in [-0.4, -0.2) is 61.0 Å². The molecule has 0 bridgehead atoms. The largest absolute Gasteiger partial charge is 0.491 e. The molecule has 12 nitrogen and oxygen atoms in total. The second kappa shape index (κ2) is 15.6. The number of amides is 2. The molecule has 13 heteroatoms. The van der Waals surface area contributed by atoms with Crippen molar-refractivity contribution in [1.82, 2.24) is 9.55 Å². The summed E-state index contributed by atoms with van der Waals surface area (Å²) in [5, 5.41) is 13.6. The van der Waals surface area contributed by atoms with Crippen molar-refractivity contribution in [2.45, 2.75) is 11.5 Å². The summed E-state index contributed by atoms with van der Waals surface area (Å²) >= 11 is 6.67. The highest BCUT2D eigenvalue weighted by Crippen LogP contribution is 2.37. The van der Waals surface area contributed by atoms with Crippen molar-refractivity contribution in [3.63, 3.8) is 0 Å². The first-order valence-electron chi connectivity index (χ1n) is 19.4. The van der Waals surface area contributed by atoms with E-state index in [9.17, 15) is 19.5 Å². The molecule has 8 aromatic rings. The number of nitrogens with one attached hydrogen (secondary N) is 1. The number of carbonyl (C=O) groups excluding carboxylic acids is 2. The van der Waals surface area contributed by atoms with E-state index in [1.54, 1.807) is 30.3 Å². The van der Waals surface area contributed by atoms with Gasteiger partial charge in [0.1, 0.15) is 5.38 Å². The van der Waals surface area contributed by atoms with Crippen molar-refractivity contribution >= 4 is 74.2 Å². The smallest absolute Gasteiger partial charge is 0.427 e. The zero-order valence-corrected chi connectivity index (χ0v) is 34.3. The highest BCUT2D eigenvalue weighted by atomic mass is 35.5. The molecular formula is C48H39ClN6O6. The number of cyclic esters (lactones) is 1. The number of nitrogens with zero attached hydrogens (tertiary/aromatic N) is 5. The van der Waals surface area contributed by atoms with E-state index in [1.807, 2.05) is 147 Å². The van der Waals surface area contributed by atoms with Gasteiger partial charge in [0.05, 0.1) is 22.4 Å². The lowest BCUT2D eigenvalue weighted by Gasteiger charge is -2.16. The van der Waals surface area contributed by atoms with Gasteiger partial charge in [0.25, 0.3) is 5.91 Å². The molecule has 2 aromatic heterocycles. The van der Waals surface area contributed by atoms with Crippen molar-refractivity contribution in [2.75, 3.05) is 42.9 Å². The van der Waals surface area contributed by atoms with E-state index in [-0.39, 0.29) is 11.6 Å². The van der Waals surface area contributed by atoms with Gasteiger partial charge in [0.15, 0.2) is 5.76 Å². The van der Waals surface area contributed by atoms with E-state index in [0.29, 0.717) is 11.4 Å². The van der Waals surface area contributed by atoms with E-state index in [0.717, 1.165) is 75.6 Å². The van der Waals surface area contributed by atoms with Gasteiger partial charge in [-0.15, -0.1) is 11.6 Å². The first-order chi connectivity index (χ1) is 29.4. The van der Waals surface area contributed by atoms with Gasteiger partial charge >= 0.3 is 11.8 Å². The van der Waals surface area contributed by atoms with Crippen molar-refractivity contribution in [3.05, 3.63) is 166 Å². The van der Waals surface area contributed by atoms with Gasteiger partial charge < -0.3 is 29.0 Å². The number of aromatic nitrogens is 2. The number of ether oxygens (including phenoxy) is 1. The van der Waals surface area contributed by atoms with E-state index < -0.39 is 29.2 Å². The van der Waals surface area contributed by atoms with Gasteiger partial charge in [0.2, 0.25) is 12.0 Å². The summed E-state index contributed by atoms with van der Waals surface area (Å²) < 4.78 is 11.9. The summed E-state index contributed by atoms with van der Waals surface area (Å²) in [6.07, 6.45) is -0.153. The number of oxazole rings is 1. The zero-order valence-electron chi connectivity index (χ0n) is 33.5. The Hall–Kier alpha value is -7.57. The normalized spacial score (nSPS) is 14.9. The quantitative estimate of drug-likeness (QED) is 0.154. The Kier molecular flexibility index (Phi) is 9.92. The first kappa shape index (κ1) is 38.9. The molecular weight excluding hydrogens is 792 g/mol. The number of hydrogen-bond acceptors (Lipinski definition) is 9. The predicted octanol–water partition coefficient (Wildman–Crippen LogP) is 8.18. The van der Waals surface area contributed by atoms with Crippen LogP contribution in [0.4, 0.5) is 27.5 Å². The molecule has 0 aliphatic carbocycles. The summed E-state index contributed by atoms with van der Waals surface area (Å²) in [5.41, 5.74) is 8.68. The molecule has 0 spiro atoms. The van der Waals surface area contributed by atoms with E-state index in [1.165, 1.54) is 0 Å². The summed E-state index contributed by atoms with van der Waals surface area (Å²) in [4.78, 5) is 50.9. The first-order valence-corrected chi connectivity index (χ1v) is 19.9. The average Bonchev–Trinajstić information content (AvgIpc) is 3.99. The van der Waals surface area contributed by atoms with Gasteiger partial charge in [-0.2, -0.15) is 0 Å². The van der Waals surface area contributed by atoms with Crippen molar-refractivity contribution in [3.8, 4) is 22.7 Å². The fourth-order valence-electron chi connectivity index (χ4n) is 7.60. The number of halogens is 1. The molecule has 2 unspecified atom stereocenters. The topological polar surface area (TPSA) is 137 Å². The number of H-pyrrole nitrogens is 1. The van der Waals surface area contributed by atoms with Crippen LogP contribution >= 0.6 is 11.6 Å². The minimum atomic E-state index is -1.09. The Morgan fingerprint density at radius 3 is 2.11 bits per heavy atom. The van der Waals surface area contributed by atoms with Crippen LogP contribution in [0.15, 0.2) is 148 Å². The molecule has 304 valence electrons. The third kappa shape index (κ3) is 7.16. The zero-order chi connectivity index (χ0) is 42.5. The highest BCUT2D eigenvalue weighted by Gasteiger charge is 2.46. The standard InChI is InChI=1S/C24H20ClN3O3.C24H19N3O3/c1-27(2)15-8-10-16(11-9-15)28-23(29)22(31-24(28)30)21(25)14-7-12-20-18(13-14)17-5-3-4-6-19(17)26-20;1-26(2)16-8-10-17(11-9-16)27-23(28)22(30-24(27)29)14-15-7-12-21-19(13-15)18-5-3-4-6-20(18)25-21/h3-13,21-22,26H,1-2H3;3-14,28H,1-2H3. The van der Waals surface area contributed by atoms with Gasteiger partial charge in [0, 0.05) is 72.5 Å². The third-order valence-electron chi connectivity index (χ3n) is 10.8. The predicted molar refractivity (Wildman–Crippen MR) is 239 cm³/mol. The highest BCUT2D eigenvalue weighted by molar-refractivity contribution is 6.27. The maximum atomic E-state index is 13.1. The fraction of sp³-hybridized carbons (Fsp3) is 0.125. The Labute approximate surface area is 354 Å². The number of anilines is 3. The number of carbonyl (C=O) groups is 2. The molecule has 0 radical (unpaired) electrons. The second-order valence-corrected chi connectivity index (χ2v) is 15.6. The van der Waals surface area contributed by atoms with Crippen LogP contribution < -0.4 is 31.0 Å². The summed E-state index contributed by atoms with van der Waals surface area (Å²) in [7, 11) is 7.71. The fourth-order valence-corrected chi connectivity index (χ4v) is 7.89. The number of para-hydroxylation sites is 2. The van der Waals surface area contributed by atoms with Crippen LogP contribution in [0, 0.1) is 0 Å². The number of aromatic amines is 1. The lowest BCUT2D eigenvalue weighted by molar-refractivity contribution is -0.122. The number of hydrogen-bond donors (Lipinski definition) is 2. The maximum absolute atomic E-state index is 13.1.